The Morgan fingerprint density at radius 2 is 2.22 bits per heavy atom. The van der Waals surface area contributed by atoms with Crippen LogP contribution in [0.15, 0.2) is 16.5 Å². The van der Waals surface area contributed by atoms with Gasteiger partial charge in [-0.25, -0.2) is 14.2 Å². The number of methoxy groups -OCH3 is 1. The van der Waals surface area contributed by atoms with E-state index >= 15 is 0 Å². The largest absolute Gasteiger partial charge is 0.464 e. The molecule has 2 aromatic rings. The minimum atomic E-state index is -0.783. The first-order valence-corrected chi connectivity index (χ1v) is 5.72. The average Bonchev–Trinajstić information content (AvgIpc) is 2.96. The third kappa shape index (κ3) is 1.58. The molecule has 18 heavy (non-hydrogen) atoms. The fourth-order valence-electron chi connectivity index (χ4n) is 1.91. The van der Waals surface area contributed by atoms with Crippen molar-refractivity contribution in [3.8, 4) is 0 Å². The molecule has 2 heterocycles. The molecule has 1 saturated carbocycles. The summed E-state index contributed by atoms with van der Waals surface area (Å²) in [5.74, 6) is -0.711. The van der Waals surface area contributed by atoms with Gasteiger partial charge in [0.25, 0.3) is 0 Å². The molecule has 2 aromatic heterocycles. The number of aromatic nitrogens is 1. The van der Waals surface area contributed by atoms with E-state index in [0.717, 1.165) is 18.6 Å². The Bertz CT molecular complexity index is 643. The molecule has 0 amide bonds. The molecule has 1 aliphatic rings. The average molecular weight is 249 g/mol. The predicted molar refractivity (Wildman–Crippen MR) is 61.9 cm³/mol. The smallest absolute Gasteiger partial charge is 0.359 e. The Morgan fingerprint density at radius 1 is 1.50 bits per heavy atom. The normalized spacial score (nSPS) is 16.8. The number of furan rings is 1. The van der Waals surface area contributed by atoms with Gasteiger partial charge in [-0.05, 0) is 12.8 Å². The van der Waals surface area contributed by atoms with Crippen molar-refractivity contribution < 1.29 is 18.3 Å². The Labute approximate surface area is 103 Å². The third-order valence-electron chi connectivity index (χ3n) is 3.43. The number of hydrogen-bond acceptors (Lipinski definition) is 4. The van der Waals surface area contributed by atoms with Crippen molar-refractivity contribution in [1.82, 2.24) is 4.98 Å². The van der Waals surface area contributed by atoms with Gasteiger partial charge >= 0.3 is 5.97 Å². The van der Waals surface area contributed by atoms with Crippen LogP contribution in [0.5, 0.6) is 0 Å². The minimum Gasteiger partial charge on any atom is -0.464 e. The molecule has 0 atom stereocenters. The molecule has 0 radical (unpaired) electrons. The Balaban J connectivity index is 2.14. The van der Waals surface area contributed by atoms with Crippen molar-refractivity contribution in [3.63, 3.8) is 0 Å². The molecule has 0 bridgehead atoms. The van der Waals surface area contributed by atoms with Crippen LogP contribution in [0, 0.1) is 5.82 Å². The second-order valence-electron chi connectivity index (χ2n) is 4.87. The van der Waals surface area contributed by atoms with Gasteiger partial charge in [0.05, 0.1) is 7.11 Å². The van der Waals surface area contributed by atoms with Crippen LogP contribution in [0.4, 0.5) is 4.39 Å². The van der Waals surface area contributed by atoms with Crippen molar-refractivity contribution in [1.29, 1.82) is 0 Å². The first-order valence-electron chi connectivity index (χ1n) is 5.72. The fourth-order valence-corrected chi connectivity index (χ4v) is 1.91. The van der Waals surface area contributed by atoms with Crippen molar-refractivity contribution in [2.75, 3.05) is 7.11 Å². The summed E-state index contributed by atoms with van der Waals surface area (Å²) < 4.78 is 23.7. The molecule has 4 nitrogen and oxygen atoms in total. The van der Waals surface area contributed by atoms with Crippen LogP contribution in [0.1, 0.15) is 36.0 Å². The van der Waals surface area contributed by atoms with Gasteiger partial charge in [0.15, 0.2) is 17.1 Å². The van der Waals surface area contributed by atoms with Gasteiger partial charge in [0.2, 0.25) is 0 Å². The summed E-state index contributed by atoms with van der Waals surface area (Å²) in [7, 11) is 1.19. The summed E-state index contributed by atoms with van der Waals surface area (Å²) in [4.78, 5) is 15.3. The van der Waals surface area contributed by atoms with Gasteiger partial charge < -0.3 is 9.15 Å². The van der Waals surface area contributed by atoms with Gasteiger partial charge in [-0.3, -0.25) is 0 Å². The highest BCUT2D eigenvalue weighted by molar-refractivity contribution is 5.90. The number of esters is 1. The molecule has 1 fully saturated rings. The standard InChI is InChI=1S/C13H12FNO3/c1-13(3-4-13)10-6-8-9(18-10)5-7(14)11(15-8)12(16)17-2/h5-6H,3-4H2,1-2H3. The maximum Gasteiger partial charge on any atom is 0.359 e. The van der Waals surface area contributed by atoms with Crippen LogP contribution < -0.4 is 0 Å². The molecule has 0 unspecified atom stereocenters. The highest BCUT2D eigenvalue weighted by atomic mass is 19.1. The summed E-state index contributed by atoms with van der Waals surface area (Å²) in [6, 6.07) is 2.96. The van der Waals surface area contributed by atoms with Crippen LogP contribution in [-0.2, 0) is 10.2 Å². The topological polar surface area (TPSA) is 52.3 Å². The van der Waals surface area contributed by atoms with E-state index < -0.39 is 11.8 Å². The summed E-state index contributed by atoms with van der Waals surface area (Å²) in [5, 5.41) is 0. The number of halogens is 1. The molecule has 0 aliphatic heterocycles. The highest BCUT2D eigenvalue weighted by Gasteiger charge is 2.42. The van der Waals surface area contributed by atoms with Crippen molar-refractivity contribution in [2.45, 2.75) is 25.2 Å². The Morgan fingerprint density at radius 3 is 2.83 bits per heavy atom. The van der Waals surface area contributed by atoms with Gasteiger partial charge in [-0.15, -0.1) is 0 Å². The van der Waals surface area contributed by atoms with Crippen molar-refractivity contribution in [3.05, 3.63) is 29.4 Å². The highest BCUT2D eigenvalue weighted by Crippen LogP contribution is 2.48. The molecule has 0 saturated heterocycles. The summed E-state index contributed by atoms with van der Waals surface area (Å²) in [5.41, 5.74) is 0.587. The van der Waals surface area contributed by atoms with Gasteiger partial charge in [0.1, 0.15) is 11.3 Å². The number of nitrogens with zero attached hydrogens (tertiary/aromatic N) is 1. The monoisotopic (exact) mass is 249 g/mol. The van der Waals surface area contributed by atoms with Crippen molar-refractivity contribution >= 4 is 17.1 Å². The number of fused-ring (bicyclic) bond motifs is 1. The minimum absolute atomic E-state index is 0.0443. The van der Waals surface area contributed by atoms with E-state index in [1.165, 1.54) is 13.2 Å². The molecule has 0 N–H and O–H groups in total. The van der Waals surface area contributed by atoms with Crippen LogP contribution in [0.3, 0.4) is 0 Å². The predicted octanol–water partition coefficient (Wildman–Crippen LogP) is 2.81. The first-order chi connectivity index (χ1) is 8.53. The van der Waals surface area contributed by atoms with E-state index in [9.17, 15) is 9.18 Å². The molecular formula is C13H12FNO3. The number of hydrogen-bond donors (Lipinski definition) is 0. The zero-order valence-electron chi connectivity index (χ0n) is 10.1. The molecule has 94 valence electrons. The third-order valence-corrected chi connectivity index (χ3v) is 3.43. The second-order valence-corrected chi connectivity index (χ2v) is 4.87. The van der Waals surface area contributed by atoms with E-state index in [2.05, 4.69) is 16.6 Å². The van der Waals surface area contributed by atoms with Crippen LogP contribution in [0.2, 0.25) is 0 Å². The fraction of sp³-hybridized carbons (Fsp3) is 0.385. The lowest BCUT2D eigenvalue weighted by Gasteiger charge is -2.00. The van der Waals surface area contributed by atoms with E-state index in [4.69, 9.17) is 4.42 Å². The first kappa shape index (κ1) is 11.2. The van der Waals surface area contributed by atoms with Crippen molar-refractivity contribution in [2.24, 2.45) is 0 Å². The van der Waals surface area contributed by atoms with Gasteiger partial charge in [-0.1, -0.05) is 6.92 Å². The quantitative estimate of drug-likeness (QED) is 0.768. The molecule has 0 aromatic carbocycles. The SMILES string of the molecule is COC(=O)c1nc2cc(C3(C)CC3)oc2cc1F. The maximum atomic E-state index is 13.7. The number of carbonyl (C=O) groups is 1. The molecule has 3 rings (SSSR count). The number of ether oxygens (including phenoxy) is 1. The summed E-state index contributed by atoms with van der Waals surface area (Å²) >= 11 is 0. The van der Waals surface area contributed by atoms with Crippen LogP contribution in [0.25, 0.3) is 11.1 Å². The number of rotatable bonds is 2. The maximum absolute atomic E-state index is 13.7. The lowest BCUT2D eigenvalue weighted by molar-refractivity contribution is 0.0589. The summed E-state index contributed by atoms with van der Waals surface area (Å²) in [6.07, 6.45) is 2.11. The lowest BCUT2D eigenvalue weighted by Crippen LogP contribution is -2.07. The van der Waals surface area contributed by atoms with Gasteiger partial charge in [-0.2, -0.15) is 0 Å². The molecular weight excluding hydrogens is 237 g/mol. The van der Waals surface area contributed by atoms with Gasteiger partial charge in [0, 0.05) is 17.5 Å². The Hall–Kier alpha value is -1.91. The molecule has 5 heteroatoms. The van der Waals surface area contributed by atoms with Crippen LogP contribution >= 0.6 is 0 Å². The molecule has 0 spiro atoms. The second kappa shape index (κ2) is 3.54. The summed E-state index contributed by atoms with van der Waals surface area (Å²) in [6.45, 7) is 2.09. The zero-order chi connectivity index (χ0) is 12.9. The number of pyridine rings is 1. The van der Waals surface area contributed by atoms with E-state index in [1.54, 1.807) is 6.07 Å². The van der Waals surface area contributed by atoms with Crippen LogP contribution in [-0.4, -0.2) is 18.1 Å². The Kier molecular flexibility index (Phi) is 2.20. The molecule has 1 aliphatic carbocycles. The van der Waals surface area contributed by atoms with E-state index in [1.807, 2.05) is 0 Å². The van der Waals surface area contributed by atoms with E-state index in [-0.39, 0.29) is 11.1 Å². The van der Waals surface area contributed by atoms with E-state index in [0.29, 0.717) is 11.1 Å². The lowest BCUT2D eigenvalue weighted by atomic mass is 10.1. The number of carbonyl (C=O) groups excluding carboxylic acids is 1. The zero-order valence-corrected chi connectivity index (χ0v) is 10.1.